The number of carbonyl (C=O) groups is 2. The molecular weight excluding hydrogens is 431 g/mol. The van der Waals surface area contributed by atoms with Gasteiger partial charge in [0, 0.05) is 31.4 Å². The first kappa shape index (κ1) is 25.4. The molecule has 6 N–H and O–H groups in total. The molecule has 0 aliphatic carbocycles. The van der Waals surface area contributed by atoms with E-state index in [1.807, 2.05) is 22.4 Å². The summed E-state index contributed by atoms with van der Waals surface area (Å²) in [7, 11) is 1.09. The maximum Gasteiger partial charge on any atom is 0.412 e. The Morgan fingerprint density at radius 3 is 2.82 bits per heavy atom. The van der Waals surface area contributed by atoms with E-state index in [9.17, 15) is 20.0 Å². The van der Waals surface area contributed by atoms with Gasteiger partial charge in [0.15, 0.2) is 0 Å². The van der Waals surface area contributed by atoms with E-state index in [1.165, 1.54) is 6.08 Å². The maximum absolute atomic E-state index is 15.4. The summed E-state index contributed by atoms with van der Waals surface area (Å²) in [6.07, 6.45) is 0.137. The van der Waals surface area contributed by atoms with Crippen LogP contribution in [0.5, 0.6) is 5.75 Å². The van der Waals surface area contributed by atoms with Gasteiger partial charge in [-0.25, -0.2) is 9.18 Å². The molecule has 1 saturated heterocycles. The summed E-state index contributed by atoms with van der Waals surface area (Å²) in [5.74, 6) is -1.56. The Morgan fingerprint density at radius 1 is 1.55 bits per heavy atom. The molecule has 0 radical (unpaired) electrons. The second kappa shape index (κ2) is 11.1. The SMILES string of the molecule is C=Cc1ccc(CN2CCC(CC#N)(N/C=C(\C(=N)NC(=O)OC)C(N)=O)C(F)C2)cc1O. The number of benzene rings is 1. The maximum atomic E-state index is 15.4. The largest absolute Gasteiger partial charge is 0.507 e. The van der Waals surface area contributed by atoms with Crippen molar-refractivity contribution >= 4 is 23.9 Å². The number of nitrogens with one attached hydrogen (secondary N) is 3. The lowest BCUT2D eigenvalue weighted by Crippen LogP contribution is -2.59. The molecule has 10 nitrogen and oxygen atoms in total. The summed E-state index contributed by atoms with van der Waals surface area (Å²) in [5.41, 5.74) is 4.97. The van der Waals surface area contributed by atoms with Gasteiger partial charge in [-0.15, -0.1) is 0 Å². The Balaban J connectivity index is 2.15. The van der Waals surface area contributed by atoms with Crippen LogP contribution in [0.25, 0.3) is 6.08 Å². The van der Waals surface area contributed by atoms with Crippen LogP contribution >= 0.6 is 0 Å². The highest BCUT2D eigenvalue weighted by atomic mass is 19.1. The lowest BCUT2D eigenvalue weighted by Gasteiger charge is -2.43. The minimum atomic E-state index is -1.50. The van der Waals surface area contributed by atoms with Crippen LogP contribution in [0.15, 0.2) is 36.6 Å². The zero-order chi connectivity index (χ0) is 24.6. The number of amides is 2. The van der Waals surface area contributed by atoms with E-state index in [-0.39, 0.29) is 25.1 Å². The van der Waals surface area contributed by atoms with E-state index in [1.54, 1.807) is 12.1 Å². The highest BCUT2D eigenvalue weighted by Gasteiger charge is 2.43. The number of nitriles is 1. The summed E-state index contributed by atoms with van der Waals surface area (Å²) in [6, 6.07) is 7.11. The normalized spacial score (nSPS) is 20.9. The number of ether oxygens (including phenoxy) is 1. The minimum Gasteiger partial charge on any atom is -0.507 e. The van der Waals surface area contributed by atoms with E-state index in [0.717, 1.165) is 18.9 Å². The average molecular weight is 458 g/mol. The lowest BCUT2D eigenvalue weighted by atomic mass is 9.83. The number of halogens is 1. The molecule has 2 amide bonds. The molecule has 1 aromatic rings. The zero-order valence-electron chi connectivity index (χ0n) is 18.2. The molecule has 0 saturated carbocycles. The molecule has 2 atom stereocenters. The molecular formula is C22H27FN6O4. The number of carbonyl (C=O) groups excluding carboxylic acids is 2. The molecule has 0 aromatic heterocycles. The molecule has 1 aromatic carbocycles. The number of methoxy groups -OCH3 is 1. The summed E-state index contributed by atoms with van der Waals surface area (Å²) in [4.78, 5) is 24.9. The Labute approximate surface area is 191 Å². The van der Waals surface area contributed by atoms with Crippen molar-refractivity contribution in [3.63, 3.8) is 0 Å². The number of hydrogen-bond donors (Lipinski definition) is 5. The number of nitrogens with two attached hydrogens (primary N) is 1. The van der Waals surface area contributed by atoms with Gasteiger partial charge in [0.25, 0.3) is 5.91 Å². The van der Waals surface area contributed by atoms with Crippen molar-refractivity contribution in [2.75, 3.05) is 20.2 Å². The second-order valence-corrected chi connectivity index (χ2v) is 7.60. The number of amidine groups is 1. The topological polar surface area (TPSA) is 165 Å². The number of primary amides is 1. The Kier molecular flexibility index (Phi) is 8.53. The number of alkyl halides is 1. The Bertz CT molecular complexity index is 1010. The summed E-state index contributed by atoms with van der Waals surface area (Å²) in [5, 5.41) is 31.9. The number of likely N-dealkylation sites (tertiary alicyclic amines) is 1. The fourth-order valence-electron chi connectivity index (χ4n) is 3.53. The van der Waals surface area contributed by atoms with Crippen molar-refractivity contribution in [2.24, 2.45) is 5.73 Å². The van der Waals surface area contributed by atoms with E-state index in [4.69, 9.17) is 11.1 Å². The first-order valence-electron chi connectivity index (χ1n) is 10.0. The third-order valence-electron chi connectivity index (χ3n) is 5.46. The van der Waals surface area contributed by atoms with E-state index in [0.29, 0.717) is 18.7 Å². The molecule has 176 valence electrons. The van der Waals surface area contributed by atoms with Crippen molar-refractivity contribution in [2.45, 2.75) is 31.1 Å². The van der Waals surface area contributed by atoms with Crippen LogP contribution in [-0.4, -0.2) is 59.8 Å². The Hall–Kier alpha value is -3.91. The third kappa shape index (κ3) is 6.30. The van der Waals surface area contributed by atoms with Gasteiger partial charge in [-0.1, -0.05) is 24.8 Å². The number of rotatable bonds is 8. The molecule has 1 aliphatic heterocycles. The highest BCUT2D eigenvalue weighted by Crippen LogP contribution is 2.30. The molecule has 2 unspecified atom stereocenters. The van der Waals surface area contributed by atoms with Crippen LogP contribution < -0.4 is 16.4 Å². The first-order valence-corrected chi connectivity index (χ1v) is 10.0. The second-order valence-electron chi connectivity index (χ2n) is 7.60. The summed E-state index contributed by atoms with van der Waals surface area (Å²) in [6.45, 7) is 4.44. The number of hydrogen-bond acceptors (Lipinski definition) is 8. The fraction of sp³-hybridized carbons (Fsp3) is 0.364. The number of alkyl carbamates (subject to hydrolysis) is 1. The monoisotopic (exact) mass is 458 g/mol. The molecule has 33 heavy (non-hydrogen) atoms. The molecule has 0 bridgehead atoms. The van der Waals surface area contributed by atoms with Crippen molar-refractivity contribution < 1.29 is 23.8 Å². The standard InChI is InChI=1S/C22H27FN6O4/c1-3-15-5-4-14(10-17(15)30)12-29-9-7-22(6-8-24,18(23)13-29)27-11-16(20(26)31)19(25)28-21(32)33-2/h3-5,10-11,18,27,30H,1,6-7,9,12-13H2,2H3,(H2,26,31)(H2,25,28,32)/b16-11+. The van der Waals surface area contributed by atoms with Crippen molar-refractivity contribution in [3.8, 4) is 11.8 Å². The van der Waals surface area contributed by atoms with Gasteiger partial charge in [-0.2, -0.15) is 5.26 Å². The van der Waals surface area contributed by atoms with Gasteiger partial charge in [0.2, 0.25) is 0 Å². The van der Waals surface area contributed by atoms with Gasteiger partial charge in [-0.05, 0) is 18.1 Å². The first-order chi connectivity index (χ1) is 15.7. The van der Waals surface area contributed by atoms with Gasteiger partial charge < -0.3 is 20.9 Å². The molecule has 1 fully saturated rings. The van der Waals surface area contributed by atoms with E-state index < -0.39 is 35.1 Å². The van der Waals surface area contributed by atoms with E-state index in [2.05, 4.69) is 16.6 Å². The van der Waals surface area contributed by atoms with Crippen LogP contribution in [-0.2, 0) is 16.1 Å². The fourth-order valence-corrected chi connectivity index (χ4v) is 3.53. The summed E-state index contributed by atoms with van der Waals surface area (Å²) >= 11 is 0. The van der Waals surface area contributed by atoms with Gasteiger partial charge in [0.1, 0.15) is 17.8 Å². The molecule has 0 spiro atoms. The van der Waals surface area contributed by atoms with Crippen molar-refractivity contribution in [1.29, 1.82) is 10.7 Å². The van der Waals surface area contributed by atoms with Crippen LogP contribution in [0.3, 0.4) is 0 Å². The van der Waals surface area contributed by atoms with Crippen LogP contribution in [0.1, 0.15) is 24.0 Å². The molecule has 1 aliphatic rings. The number of nitrogens with zero attached hydrogens (tertiary/aromatic N) is 2. The lowest BCUT2D eigenvalue weighted by molar-refractivity contribution is -0.114. The number of aromatic hydroxyl groups is 1. The smallest absolute Gasteiger partial charge is 0.412 e. The van der Waals surface area contributed by atoms with Crippen molar-refractivity contribution in [3.05, 3.63) is 47.7 Å². The minimum absolute atomic E-state index is 0.00372. The van der Waals surface area contributed by atoms with Gasteiger partial charge in [0.05, 0.1) is 30.7 Å². The number of phenols is 1. The predicted molar refractivity (Wildman–Crippen MR) is 120 cm³/mol. The predicted octanol–water partition coefficient (Wildman–Crippen LogP) is 1.52. The van der Waals surface area contributed by atoms with Crippen molar-refractivity contribution in [1.82, 2.24) is 15.5 Å². The average Bonchev–Trinajstić information content (AvgIpc) is 2.76. The number of phenolic OH excluding ortho intramolecular Hbond substituents is 1. The third-order valence-corrected chi connectivity index (χ3v) is 5.46. The molecule has 11 heteroatoms. The zero-order valence-corrected chi connectivity index (χ0v) is 18.2. The summed E-state index contributed by atoms with van der Waals surface area (Å²) < 4.78 is 19.7. The van der Waals surface area contributed by atoms with Crippen LogP contribution in [0.4, 0.5) is 9.18 Å². The highest BCUT2D eigenvalue weighted by molar-refractivity contribution is 6.21. The van der Waals surface area contributed by atoms with Gasteiger partial charge in [-0.3, -0.25) is 20.4 Å². The molecule has 1 heterocycles. The van der Waals surface area contributed by atoms with E-state index >= 15 is 4.39 Å². The molecule has 2 rings (SSSR count). The van der Waals surface area contributed by atoms with Gasteiger partial charge >= 0.3 is 6.09 Å². The van der Waals surface area contributed by atoms with Crippen LogP contribution in [0, 0.1) is 16.7 Å². The number of piperidine rings is 1. The van der Waals surface area contributed by atoms with Crippen LogP contribution in [0.2, 0.25) is 0 Å². The Morgan fingerprint density at radius 2 is 2.27 bits per heavy atom. The quantitative estimate of drug-likeness (QED) is 0.224.